The Hall–Kier alpha value is -2.54. The molecule has 3 rings (SSSR count). The summed E-state index contributed by atoms with van der Waals surface area (Å²) in [5.74, 6) is 2.05. The highest BCUT2D eigenvalue weighted by Gasteiger charge is 2.15. The van der Waals surface area contributed by atoms with Crippen LogP contribution in [0.15, 0.2) is 18.2 Å². The van der Waals surface area contributed by atoms with Crippen molar-refractivity contribution in [3.05, 3.63) is 46.1 Å². The van der Waals surface area contributed by atoms with Gasteiger partial charge >= 0.3 is 0 Å². The summed E-state index contributed by atoms with van der Waals surface area (Å²) in [7, 11) is 0. The Morgan fingerprint density at radius 2 is 1.92 bits per heavy atom. The minimum atomic E-state index is -0.405. The molecular formula is C17H18ClFN6. The first-order chi connectivity index (χ1) is 11.8. The van der Waals surface area contributed by atoms with Crippen LogP contribution in [-0.4, -0.2) is 25.1 Å². The molecule has 0 saturated heterocycles. The van der Waals surface area contributed by atoms with E-state index in [0.29, 0.717) is 23.2 Å². The average Bonchev–Trinajstić information content (AvgIpc) is 3.00. The van der Waals surface area contributed by atoms with E-state index in [2.05, 4.69) is 30.5 Å². The number of aromatic amines is 1. The molecule has 0 bridgehead atoms. The van der Waals surface area contributed by atoms with Crippen molar-refractivity contribution in [1.82, 2.24) is 25.1 Å². The highest BCUT2D eigenvalue weighted by Crippen LogP contribution is 2.29. The summed E-state index contributed by atoms with van der Waals surface area (Å²) in [6.45, 7) is 7.84. The number of hydrogen-bond donors (Lipinski definition) is 2. The lowest BCUT2D eigenvalue weighted by atomic mass is 10.1. The SMILES string of the molecule is Cc1nc(-c2ccc(F)cc2Cl)nc(Nc2n[nH]c(C(C)C)n2)c1C. The lowest BCUT2D eigenvalue weighted by molar-refractivity contribution is 0.628. The number of H-pyrrole nitrogens is 1. The second-order valence-electron chi connectivity index (χ2n) is 6.05. The fourth-order valence-corrected chi connectivity index (χ4v) is 2.49. The van der Waals surface area contributed by atoms with E-state index in [4.69, 9.17) is 11.6 Å². The van der Waals surface area contributed by atoms with Gasteiger partial charge in [-0.15, -0.1) is 5.10 Å². The third kappa shape index (κ3) is 3.61. The number of nitrogens with one attached hydrogen (secondary N) is 2. The Labute approximate surface area is 149 Å². The zero-order valence-electron chi connectivity index (χ0n) is 14.4. The van der Waals surface area contributed by atoms with Crippen LogP contribution in [0.2, 0.25) is 5.02 Å². The van der Waals surface area contributed by atoms with Crippen molar-refractivity contribution in [2.75, 3.05) is 5.32 Å². The summed E-state index contributed by atoms with van der Waals surface area (Å²) in [6, 6.07) is 4.14. The molecule has 0 aliphatic rings. The van der Waals surface area contributed by atoms with Crippen LogP contribution in [0, 0.1) is 19.7 Å². The van der Waals surface area contributed by atoms with Gasteiger partial charge in [-0.25, -0.2) is 14.4 Å². The molecule has 0 saturated carbocycles. The number of rotatable bonds is 4. The fourth-order valence-electron chi connectivity index (χ4n) is 2.24. The summed E-state index contributed by atoms with van der Waals surface area (Å²) < 4.78 is 13.3. The van der Waals surface area contributed by atoms with Crippen LogP contribution in [0.3, 0.4) is 0 Å². The minimum Gasteiger partial charge on any atom is -0.307 e. The van der Waals surface area contributed by atoms with Crippen LogP contribution >= 0.6 is 11.6 Å². The zero-order chi connectivity index (χ0) is 18.1. The summed E-state index contributed by atoms with van der Waals surface area (Å²) in [6.07, 6.45) is 0. The highest BCUT2D eigenvalue weighted by atomic mass is 35.5. The van der Waals surface area contributed by atoms with Gasteiger partial charge in [-0.2, -0.15) is 4.98 Å². The summed E-state index contributed by atoms with van der Waals surface area (Å²) in [5.41, 5.74) is 2.22. The third-order valence-electron chi connectivity index (χ3n) is 3.84. The molecule has 130 valence electrons. The standard InChI is InChI=1S/C17H18ClFN6/c1-8(2)14-22-17(25-24-14)23-15-9(3)10(4)20-16(21-15)12-6-5-11(19)7-13(12)18/h5-8H,1-4H3,(H2,20,21,22,23,24,25). The number of halogens is 2. The molecule has 0 fully saturated rings. The van der Waals surface area contributed by atoms with E-state index in [-0.39, 0.29) is 10.9 Å². The molecule has 0 radical (unpaired) electrons. The number of aryl methyl sites for hydroxylation is 1. The largest absolute Gasteiger partial charge is 0.307 e. The second kappa shape index (κ2) is 6.76. The van der Waals surface area contributed by atoms with E-state index in [1.54, 1.807) is 6.07 Å². The molecule has 0 amide bonds. The normalized spacial score (nSPS) is 11.2. The summed E-state index contributed by atoms with van der Waals surface area (Å²) in [5, 5.41) is 10.4. The van der Waals surface area contributed by atoms with Crippen molar-refractivity contribution >= 4 is 23.4 Å². The Balaban J connectivity index is 2.00. The van der Waals surface area contributed by atoms with E-state index in [9.17, 15) is 4.39 Å². The van der Waals surface area contributed by atoms with Gasteiger partial charge in [0, 0.05) is 22.7 Å². The van der Waals surface area contributed by atoms with E-state index in [1.807, 2.05) is 27.7 Å². The van der Waals surface area contributed by atoms with Crippen LogP contribution in [-0.2, 0) is 0 Å². The average molecular weight is 361 g/mol. The van der Waals surface area contributed by atoms with Gasteiger partial charge in [0.15, 0.2) is 5.82 Å². The maximum atomic E-state index is 13.3. The Morgan fingerprint density at radius 1 is 1.16 bits per heavy atom. The maximum absolute atomic E-state index is 13.3. The van der Waals surface area contributed by atoms with Crippen molar-refractivity contribution in [3.63, 3.8) is 0 Å². The number of anilines is 2. The van der Waals surface area contributed by atoms with Gasteiger partial charge in [0.2, 0.25) is 5.95 Å². The Morgan fingerprint density at radius 3 is 2.56 bits per heavy atom. The smallest absolute Gasteiger partial charge is 0.247 e. The van der Waals surface area contributed by atoms with Gasteiger partial charge in [0.25, 0.3) is 0 Å². The molecule has 3 aromatic rings. The first-order valence-corrected chi connectivity index (χ1v) is 8.23. The molecule has 0 spiro atoms. The van der Waals surface area contributed by atoms with Crippen LogP contribution in [0.25, 0.3) is 11.4 Å². The first kappa shape index (κ1) is 17.3. The van der Waals surface area contributed by atoms with E-state index >= 15 is 0 Å². The maximum Gasteiger partial charge on any atom is 0.247 e. The van der Waals surface area contributed by atoms with Gasteiger partial charge in [0.1, 0.15) is 17.5 Å². The van der Waals surface area contributed by atoms with Crippen molar-refractivity contribution < 1.29 is 4.39 Å². The lowest BCUT2D eigenvalue weighted by Gasteiger charge is -2.11. The molecule has 2 aromatic heterocycles. The van der Waals surface area contributed by atoms with Crippen molar-refractivity contribution in [1.29, 1.82) is 0 Å². The van der Waals surface area contributed by atoms with Crippen LogP contribution in [0.4, 0.5) is 16.2 Å². The van der Waals surface area contributed by atoms with Gasteiger partial charge in [0.05, 0.1) is 5.02 Å². The molecule has 8 heteroatoms. The molecule has 6 nitrogen and oxygen atoms in total. The van der Waals surface area contributed by atoms with Crippen LogP contribution < -0.4 is 5.32 Å². The molecule has 2 N–H and O–H groups in total. The van der Waals surface area contributed by atoms with Gasteiger partial charge in [-0.1, -0.05) is 25.4 Å². The van der Waals surface area contributed by atoms with Crippen LogP contribution in [0.5, 0.6) is 0 Å². The fraction of sp³-hybridized carbons (Fsp3) is 0.294. The summed E-state index contributed by atoms with van der Waals surface area (Å²) >= 11 is 6.14. The Kier molecular flexibility index (Phi) is 4.67. The summed E-state index contributed by atoms with van der Waals surface area (Å²) in [4.78, 5) is 13.4. The van der Waals surface area contributed by atoms with Gasteiger partial charge in [-0.05, 0) is 32.0 Å². The molecule has 25 heavy (non-hydrogen) atoms. The number of aromatic nitrogens is 5. The zero-order valence-corrected chi connectivity index (χ0v) is 15.1. The number of hydrogen-bond acceptors (Lipinski definition) is 5. The second-order valence-corrected chi connectivity index (χ2v) is 6.46. The van der Waals surface area contributed by atoms with Gasteiger partial charge < -0.3 is 5.32 Å². The van der Waals surface area contributed by atoms with Crippen LogP contribution in [0.1, 0.15) is 36.8 Å². The number of benzene rings is 1. The molecular weight excluding hydrogens is 343 g/mol. The first-order valence-electron chi connectivity index (χ1n) is 7.85. The molecule has 0 aliphatic heterocycles. The molecule has 1 aromatic carbocycles. The van der Waals surface area contributed by atoms with E-state index < -0.39 is 5.82 Å². The van der Waals surface area contributed by atoms with Crippen molar-refractivity contribution in [2.45, 2.75) is 33.6 Å². The molecule has 0 aliphatic carbocycles. The topological polar surface area (TPSA) is 79.4 Å². The quantitative estimate of drug-likeness (QED) is 0.714. The number of nitrogens with zero attached hydrogens (tertiary/aromatic N) is 4. The van der Waals surface area contributed by atoms with E-state index in [1.165, 1.54) is 12.1 Å². The predicted octanol–water partition coefficient (Wildman–Crippen LogP) is 4.54. The predicted molar refractivity (Wildman–Crippen MR) is 95.7 cm³/mol. The third-order valence-corrected chi connectivity index (χ3v) is 4.15. The highest BCUT2D eigenvalue weighted by molar-refractivity contribution is 6.33. The molecule has 0 atom stereocenters. The van der Waals surface area contributed by atoms with E-state index in [0.717, 1.165) is 17.1 Å². The molecule has 2 heterocycles. The van der Waals surface area contributed by atoms with Crippen molar-refractivity contribution in [2.24, 2.45) is 0 Å². The van der Waals surface area contributed by atoms with Crippen molar-refractivity contribution in [3.8, 4) is 11.4 Å². The monoisotopic (exact) mass is 360 g/mol. The molecule has 0 unspecified atom stereocenters. The van der Waals surface area contributed by atoms with Gasteiger partial charge in [-0.3, -0.25) is 5.10 Å². The minimum absolute atomic E-state index is 0.241. The lowest BCUT2D eigenvalue weighted by Crippen LogP contribution is -2.04. The Bertz CT molecular complexity index is 921.